The van der Waals surface area contributed by atoms with Gasteiger partial charge in [0.1, 0.15) is 11.6 Å². The Balaban J connectivity index is 2.08. The Bertz CT molecular complexity index is 367. The molecule has 0 amide bonds. The van der Waals surface area contributed by atoms with Crippen molar-refractivity contribution in [3.05, 3.63) is 35.1 Å². The molecule has 2 rings (SSSR count). The zero-order valence-electron chi connectivity index (χ0n) is 8.22. The van der Waals surface area contributed by atoms with E-state index in [2.05, 4.69) is 0 Å². The van der Waals surface area contributed by atoms with Crippen LogP contribution in [0.3, 0.4) is 0 Å². The van der Waals surface area contributed by atoms with Crippen LogP contribution in [0.25, 0.3) is 0 Å². The van der Waals surface area contributed by atoms with Crippen LogP contribution in [0.1, 0.15) is 24.0 Å². The van der Waals surface area contributed by atoms with Crippen LogP contribution < -0.4 is 0 Å². The minimum Gasteiger partial charge on any atom is -0.299 e. The van der Waals surface area contributed by atoms with Crippen molar-refractivity contribution in [1.29, 1.82) is 0 Å². The molecule has 74 valence electrons. The van der Waals surface area contributed by atoms with Gasteiger partial charge in [0.2, 0.25) is 0 Å². The molecule has 1 fully saturated rings. The van der Waals surface area contributed by atoms with Crippen molar-refractivity contribution in [3.8, 4) is 0 Å². The molecule has 0 bridgehead atoms. The SMILES string of the molecule is Cc1cc(CC(=O)C2CC2)ccc1F. The van der Waals surface area contributed by atoms with Gasteiger partial charge < -0.3 is 0 Å². The molecule has 2 heteroatoms. The Kier molecular flexibility index (Phi) is 2.36. The van der Waals surface area contributed by atoms with E-state index in [1.165, 1.54) is 6.07 Å². The monoisotopic (exact) mass is 192 g/mol. The minimum atomic E-state index is -0.201. The van der Waals surface area contributed by atoms with E-state index < -0.39 is 0 Å². The topological polar surface area (TPSA) is 17.1 Å². The zero-order chi connectivity index (χ0) is 10.1. The highest BCUT2D eigenvalue weighted by atomic mass is 19.1. The second-order valence-corrected chi connectivity index (χ2v) is 4.00. The maximum Gasteiger partial charge on any atom is 0.140 e. The summed E-state index contributed by atoms with van der Waals surface area (Å²) < 4.78 is 12.9. The molecule has 1 aromatic carbocycles. The van der Waals surface area contributed by atoms with Crippen molar-refractivity contribution in [1.82, 2.24) is 0 Å². The van der Waals surface area contributed by atoms with E-state index in [4.69, 9.17) is 0 Å². The molecule has 0 unspecified atom stereocenters. The first-order valence-corrected chi connectivity index (χ1v) is 4.94. The maximum absolute atomic E-state index is 12.9. The smallest absolute Gasteiger partial charge is 0.140 e. The van der Waals surface area contributed by atoms with E-state index in [1.54, 1.807) is 19.1 Å². The van der Waals surface area contributed by atoms with Crippen LogP contribution in [-0.4, -0.2) is 5.78 Å². The number of rotatable bonds is 3. The summed E-state index contributed by atoms with van der Waals surface area (Å²) in [7, 11) is 0. The average molecular weight is 192 g/mol. The molecule has 0 aromatic heterocycles. The highest BCUT2D eigenvalue weighted by Gasteiger charge is 2.29. The first kappa shape index (κ1) is 9.38. The van der Waals surface area contributed by atoms with Gasteiger partial charge in [0.05, 0.1) is 0 Å². The first-order chi connectivity index (χ1) is 6.66. The zero-order valence-corrected chi connectivity index (χ0v) is 8.22. The molecule has 14 heavy (non-hydrogen) atoms. The number of aryl methyl sites for hydroxylation is 1. The van der Waals surface area contributed by atoms with Gasteiger partial charge in [-0.3, -0.25) is 4.79 Å². The molecule has 0 atom stereocenters. The van der Waals surface area contributed by atoms with Crippen molar-refractivity contribution < 1.29 is 9.18 Å². The van der Waals surface area contributed by atoms with Gasteiger partial charge in [0.25, 0.3) is 0 Å². The summed E-state index contributed by atoms with van der Waals surface area (Å²) in [6.07, 6.45) is 2.55. The summed E-state index contributed by atoms with van der Waals surface area (Å²) in [4.78, 5) is 11.5. The summed E-state index contributed by atoms with van der Waals surface area (Å²) in [5.41, 5.74) is 1.55. The van der Waals surface area contributed by atoms with Gasteiger partial charge in [-0.25, -0.2) is 4.39 Å². The van der Waals surface area contributed by atoms with Crippen LogP contribution in [-0.2, 0) is 11.2 Å². The number of benzene rings is 1. The second-order valence-electron chi connectivity index (χ2n) is 4.00. The Hall–Kier alpha value is -1.18. The Morgan fingerprint density at radius 1 is 1.50 bits per heavy atom. The number of hydrogen-bond donors (Lipinski definition) is 0. The molecule has 1 aromatic rings. The molecule has 0 radical (unpaired) electrons. The third-order valence-electron chi connectivity index (χ3n) is 2.63. The van der Waals surface area contributed by atoms with E-state index in [0.29, 0.717) is 23.7 Å². The van der Waals surface area contributed by atoms with Gasteiger partial charge in [0.15, 0.2) is 0 Å². The van der Waals surface area contributed by atoms with Gasteiger partial charge in [-0.2, -0.15) is 0 Å². The number of hydrogen-bond acceptors (Lipinski definition) is 1. The third-order valence-corrected chi connectivity index (χ3v) is 2.63. The molecule has 0 heterocycles. The van der Waals surface area contributed by atoms with Crippen molar-refractivity contribution >= 4 is 5.78 Å². The summed E-state index contributed by atoms with van der Waals surface area (Å²) >= 11 is 0. The number of ketones is 1. The third kappa shape index (κ3) is 2.00. The number of carbonyl (C=O) groups excluding carboxylic acids is 1. The van der Waals surface area contributed by atoms with Gasteiger partial charge in [-0.1, -0.05) is 12.1 Å². The predicted molar refractivity (Wildman–Crippen MR) is 52.6 cm³/mol. The minimum absolute atomic E-state index is 0.201. The lowest BCUT2D eigenvalue weighted by molar-refractivity contribution is -0.119. The highest BCUT2D eigenvalue weighted by molar-refractivity contribution is 5.85. The molecule has 0 aliphatic heterocycles. The number of carbonyl (C=O) groups is 1. The predicted octanol–water partition coefficient (Wildman–Crippen LogP) is 2.66. The molecule has 0 saturated heterocycles. The van der Waals surface area contributed by atoms with Crippen molar-refractivity contribution in [3.63, 3.8) is 0 Å². The largest absolute Gasteiger partial charge is 0.299 e. The van der Waals surface area contributed by atoms with Crippen molar-refractivity contribution in [2.75, 3.05) is 0 Å². The lowest BCUT2D eigenvalue weighted by Gasteiger charge is -2.02. The molecular formula is C12H13FO. The summed E-state index contributed by atoms with van der Waals surface area (Å²) in [5.74, 6) is 0.393. The fourth-order valence-corrected chi connectivity index (χ4v) is 1.57. The second kappa shape index (κ2) is 3.52. The van der Waals surface area contributed by atoms with E-state index in [1.807, 2.05) is 0 Å². The maximum atomic E-state index is 12.9. The van der Waals surface area contributed by atoms with Crippen LogP contribution in [0.5, 0.6) is 0 Å². The van der Waals surface area contributed by atoms with Crippen molar-refractivity contribution in [2.45, 2.75) is 26.2 Å². The normalized spacial score (nSPS) is 15.6. The fourth-order valence-electron chi connectivity index (χ4n) is 1.57. The van der Waals surface area contributed by atoms with E-state index >= 15 is 0 Å². The summed E-state index contributed by atoms with van der Waals surface area (Å²) in [6.45, 7) is 1.72. The van der Waals surface area contributed by atoms with Gasteiger partial charge in [0, 0.05) is 12.3 Å². The quantitative estimate of drug-likeness (QED) is 0.719. The molecule has 1 aliphatic carbocycles. The molecule has 1 nitrogen and oxygen atoms in total. The van der Waals surface area contributed by atoms with Crippen LogP contribution >= 0.6 is 0 Å². The Morgan fingerprint density at radius 2 is 2.21 bits per heavy atom. The molecule has 0 spiro atoms. The highest BCUT2D eigenvalue weighted by Crippen LogP contribution is 2.31. The van der Waals surface area contributed by atoms with E-state index in [-0.39, 0.29) is 5.82 Å². The lowest BCUT2D eigenvalue weighted by atomic mass is 10.0. The Morgan fingerprint density at radius 3 is 2.79 bits per heavy atom. The molecular weight excluding hydrogens is 179 g/mol. The van der Waals surface area contributed by atoms with Crippen LogP contribution in [0, 0.1) is 18.7 Å². The lowest BCUT2D eigenvalue weighted by Crippen LogP contribution is -2.04. The molecule has 1 saturated carbocycles. The first-order valence-electron chi connectivity index (χ1n) is 4.94. The van der Waals surface area contributed by atoms with Crippen LogP contribution in [0.15, 0.2) is 18.2 Å². The number of halogens is 1. The molecule has 1 aliphatic rings. The van der Waals surface area contributed by atoms with E-state index in [9.17, 15) is 9.18 Å². The van der Waals surface area contributed by atoms with Crippen LogP contribution in [0.4, 0.5) is 4.39 Å². The van der Waals surface area contributed by atoms with Gasteiger partial charge in [-0.05, 0) is 37.0 Å². The standard InChI is InChI=1S/C12H13FO/c1-8-6-9(2-5-11(8)13)7-12(14)10-3-4-10/h2,5-6,10H,3-4,7H2,1H3. The number of Topliss-reactive ketones (excluding diaryl/α,β-unsaturated/α-hetero) is 1. The summed E-state index contributed by atoms with van der Waals surface area (Å²) in [6, 6.07) is 4.89. The van der Waals surface area contributed by atoms with Gasteiger partial charge >= 0.3 is 0 Å². The van der Waals surface area contributed by atoms with Crippen molar-refractivity contribution in [2.24, 2.45) is 5.92 Å². The Labute approximate surface area is 82.9 Å². The fraction of sp³-hybridized carbons (Fsp3) is 0.417. The van der Waals surface area contributed by atoms with Crippen LogP contribution in [0.2, 0.25) is 0 Å². The van der Waals surface area contributed by atoms with Gasteiger partial charge in [-0.15, -0.1) is 0 Å². The average Bonchev–Trinajstić information content (AvgIpc) is 2.94. The van der Waals surface area contributed by atoms with E-state index in [0.717, 1.165) is 18.4 Å². The summed E-state index contributed by atoms with van der Waals surface area (Å²) in [5, 5.41) is 0. The molecule has 0 N–H and O–H groups in total.